The van der Waals surface area contributed by atoms with Crippen molar-refractivity contribution in [3.8, 4) is 0 Å². The summed E-state index contributed by atoms with van der Waals surface area (Å²) in [6.07, 6.45) is 0. The molecule has 0 spiro atoms. The van der Waals surface area contributed by atoms with Gasteiger partial charge >= 0.3 is 7.60 Å². The molecular formula is C12H18ClO6PS. The minimum atomic E-state index is -3.95. The topological polar surface area (TPSA) is 78.9 Å². The standard InChI is InChI=1S/C12H18ClO6PS/c1-5-18-20(14,19-6-2)10-7-9(3)12(11(13)8-10)21(15,16)17-4/h7-8H,5-6H2,1-4H3. The van der Waals surface area contributed by atoms with Gasteiger partial charge in [-0.25, -0.2) is 0 Å². The van der Waals surface area contributed by atoms with Crippen LogP contribution in [-0.4, -0.2) is 28.7 Å². The lowest BCUT2D eigenvalue weighted by Gasteiger charge is -2.19. The number of hydrogen-bond donors (Lipinski definition) is 0. The molecule has 0 bridgehead atoms. The fourth-order valence-corrected chi connectivity index (χ4v) is 5.03. The third kappa shape index (κ3) is 4.06. The Bertz CT molecular complexity index is 625. The molecule has 9 heteroatoms. The SMILES string of the molecule is CCOP(=O)(OCC)c1cc(C)c(S(=O)(=O)OC)c(Cl)c1. The van der Waals surface area contributed by atoms with Crippen molar-refractivity contribution in [1.29, 1.82) is 0 Å². The molecule has 0 aromatic heterocycles. The van der Waals surface area contributed by atoms with Crippen LogP contribution >= 0.6 is 19.2 Å². The van der Waals surface area contributed by atoms with Crippen LogP contribution in [-0.2, 0) is 27.9 Å². The van der Waals surface area contributed by atoms with Crippen LogP contribution in [0.3, 0.4) is 0 Å². The van der Waals surface area contributed by atoms with Gasteiger partial charge in [0.1, 0.15) is 4.90 Å². The maximum atomic E-state index is 12.7. The highest BCUT2D eigenvalue weighted by molar-refractivity contribution is 7.87. The third-order valence-corrected chi connectivity index (χ3v) is 6.58. The van der Waals surface area contributed by atoms with Crippen LogP contribution in [0.15, 0.2) is 17.0 Å². The van der Waals surface area contributed by atoms with E-state index in [4.69, 9.17) is 20.6 Å². The smallest absolute Gasteiger partial charge is 0.305 e. The molecule has 0 atom stereocenters. The highest BCUT2D eigenvalue weighted by atomic mass is 35.5. The number of rotatable bonds is 7. The molecule has 0 aliphatic carbocycles. The monoisotopic (exact) mass is 356 g/mol. The maximum Gasteiger partial charge on any atom is 0.361 e. The summed E-state index contributed by atoms with van der Waals surface area (Å²) in [7, 11) is -6.43. The first-order valence-corrected chi connectivity index (χ1v) is 9.55. The molecule has 0 aliphatic rings. The molecule has 0 fully saturated rings. The van der Waals surface area contributed by atoms with Crippen molar-refractivity contribution in [2.75, 3.05) is 20.3 Å². The van der Waals surface area contributed by atoms with Gasteiger partial charge in [-0.05, 0) is 38.5 Å². The largest absolute Gasteiger partial charge is 0.361 e. The average Bonchev–Trinajstić information content (AvgIpc) is 2.38. The van der Waals surface area contributed by atoms with E-state index in [1.807, 2.05) is 0 Å². The number of hydrogen-bond acceptors (Lipinski definition) is 6. The second-order valence-electron chi connectivity index (χ2n) is 4.03. The van der Waals surface area contributed by atoms with E-state index in [-0.39, 0.29) is 28.4 Å². The van der Waals surface area contributed by atoms with Gasteiger partial charge in [0.2, 0.25) is 0 Å². The number of benzene rings is 1. The molecule has 1 aromatic carbocycles. The van der Waals surface area contributed by atoms with Gasteiger partial charge in [-0.3, -0.25) is 8.75 Å². The Labute approximate surface area is 130 Å². The maximum absolute atomic E-state index is 12.7. The minimum Gasteiger partial charge on any atom is -0.305 e. The van der Waals surface area contributed by atoms with Crippen LogP contribution in [0, 0.1) is 6.92 Å². The summed E-state index contributed by atoms with van der Waals surface area (Å²) in [5.74, 6) is 0. The van der Waals surface area contributed by atoms with Gasteiger partial charge in [0.25, 0.3) is 10.1 Å². The molecule has 0 unspecified atom stereocenters. The minimum absolute atomic E-state index is 0.0912. The quantitative estimate of drug-likeness (QED) is 0.552. The Morgan fingerprint density at radius 2 is 1.71 bits per heavy atom. The summed E-state index contributed by atoms with van der Waals surface area (Å²) < 4.78 is 51.2. The van der Waals surface area contributed by atoms with Gasteiger partial charge < -0.3 is 9.05 Å². The normalized spacial score (nSPS) is 12.6. The lowest BCUT2D eigenvalue weighted by molar-refractivity contribution is 0.230. The highest BCUT2D eigenvalue weighted by Gasteiger charge is 2.30. The predicted octanol–water partition coefficient (Wildman–Crippen LogP) is 2.87. The fraction of sp³-hybridized carbons (Fsp3) is 0.500. The molecule has 1 rings (SSSR count). The first-order valence-electron chi connectivity index (χ1n) is 6.22. The van der Waals surface area contributed by atoms with E-state index in [0.29, 0.717) is 5.56 Å². The first kappa shape index (κ1) is 18.6. The molecule has 0 radical (unpaired) electrons. The summed E-state index contributed by atoms with van der Waals surface area (Å²) in [6, 6.07) is 2.69. The van der Waals surface area contributed by atoms with Gasteiger partial charge in [0.15, 0.2) is 0 Å². The lowest BCUT2D eigenvalue weighted by atomic mass is 10.2. The van der Waals surface area contributed by atoms with Crippen molar-refractivity contribution < 1.29 is 26.2 Å². The zero-order valence-electron chi connectivity index (χ0n) is 12.3. The van der Waals surface area contributed by atoms with Crippen molar-refractivity contribution >= 4 is 34.6 Å². The second-order valence-corrected chi connectivity index (χ2v) is 8.11. The van der Waals surface area contributed by atoms with Crippen LogP contribution in [0.4, 0.5) is 0 Å². The Hall–Kier alpha value is -0.430. The Kier molecular flexibility index (Phi) is 6.40. The third-order valence-electron chi connectivity index (χ3n) is 2.60. The summed E-state index contributed by atoms with van der Waals surface area (Å²) in [6.45, 7) is 5.27. The molecule has 21 heavy (non-hydrogen) atoms. The van der Waals surface area contributed by atoms with Crippen molar-refractivity contribution in [2.45, 2.75) is 25.7 Å². The van der Waals surface area contributed by atoms with E-state index < -0.39 is 17.7 Å². The van der Waals surface area contributed by atoms with E-state index in [1.54, 1.807) is 13.8 Å². The van der Waals surface area contributed by atoms with E-state index >= 15 is 0 Å². The molecular weight excluding hydrogens is 339 g/mol. The Balaban J connectivity index is 3.47. The van der Waals surface area contributed by atoms with Gasteiger partial charge in [0.05, 0.1) is 30.7 Å². The zero-order valence-corrected chi connectivity index (χ0v) is 14.7. The van der Waals surface area contributed by atoms with Crippen LogP contribution < -0.4 is 5.30 Å². The molecule has 120 valence electrons. The van der Waals surface area contributed by atoms with Crippen molar-refractivity contribution in [2.24, 2.45) is 0 Å². The van der Waals surface area contributed by atoms with Crippen LogP contribution in [0.25, 0.3) is 0 Å². The van der Waals surface area contributed by atoms with Crippen molar-refractivity contribution in [1.82, 2.24) is 0 Å². The number of aryl methyl sites for hydroxylation is 1. The van der Waals surface area contributed by atoms with E-state index in [9.17, 15) is 13.0 Å². The first-order chi connectivity index (χ1) is 9.71. The van der Waals surface area contributed by atoms with Crippen molar-refractivity contribution in [3.05, 3.63) is 22.7 Å². The van der Waals surface area contributed by atoms with Gasteiger partial charge in [-0.1, -0.05) is 11.6 Å². The predicted molar refractivity (Wildman–Crippen MR) is 80.9 cm³/mol. The molecule has 0 N–H and O–H groups in total. The van der Waals surface area contributed by atoms with Gasteiger partial charge in [0, 0.05) is 0 Å². The zero-order chi connectivity index (χ0) is 16.3. The van der Waals surface area contributed by atoms with Crippen molar-refractivity contribution in [3.63, 3.8) is 0 Å². The van der Waals surface area contributed by atoms with Crippen LogP contribution in [0.2, 0.25) is 5.02 Å². The van der Waals surface area contributed by atoms with E-state index in [2.05, 4.69) is 4.18 Å². The molecule has 6 nitrogen and oxygen atoms in total. The highest BCUT2D eigenvalue weighted by Crippen LogP contribution is 2.48. The molecule has 1 aromatic rings. The van der Waals surface area contributed by atoms with Gasteiger partial charge in [-0.15, -0.1) is 0 Å². The lowest BCUT2D eigenvalue weighted by Crippen LogP contribution is -2.14. The Morgan fingerprint density at radius 3 is 2.10 bits per heavy atom. The van der Waals surface area contributed by atoms with Gasteiger partial charge in [-0.2, -0.15) is 8.42 Å². The molecule has 0 amide bonds. The van der Waals surface area contributed by atoms with E-state index in [1.165, 1.54) is 19.1 Å². The summed E-state index contributed by atoms with van der Waals surface area (Å²) >= 11 is 6.01. The molecule has 0 heterocycles. The molecule has 0 saturated carbocycles. The average molecular weight is 357 g/mol. The van der Waals surface area contributed by atoms with Crippen LogP contribution in [0.1, 0.15) is 19.4 Å². The second kappa shape index (κ2) is 7.22. The molecule has 0 aliphatic heterocycles. The molecule has 0 saturated heterocycles. The summed E-state index contributed by atoms with van der Waals surface area (Å²) in [4.78, 5) is -0.157. The summed E-state index contributed by atoms with van der Waals surface area (Å²) in [5.41, 5.74) is 0.305. The van der Waals surface area contributed by atoms with Crippen LogP contribution in [0.5, 0.6) is 0 Å². The van der Waals surface area contributed by atoms with E-state index in [0.717, 1.165) is 7.11 Å². The Morgan fingerprint density at radius 1 is 1.19 bits per heavy atom. The number of halogens is 1. The summed E-state index contributed by atoms with van der Waals surface area (Å²) in [5, 5.41) is 0.121. The fourth-order valence-electron chi connectivity index (χ4n) is 1.80.